The first-order valence-corrected chi connectivity index (χ1v) is 7.28. The Bertz CT molecular complexity index is 916. The molecule has 22 heavy (non-hydrogen) atoms. The number of benzene rings is 1. The summed E-state index contributed by atoms with van der Waals surface area (Å²) in [5.74, 6) is -0.463. The van der Waals surface area contributed by atoms with Gasteiger partial charge in [0.2, 0.25) is 5.65 Å². The van der Waals surface area contributed by atoms with Crippen molar-refractivity contribution in [3.63, 3.8) is 0 Å². The van der Waals surface area contributed by atoms with Gasteiger partial charge in [-0.15, -0.1) is 10.2 Å². The lowest BCUT2D eigenvalue weighted by molar-refractivity contribution is -0.137. The highest BCUT2D eigenvalue weighted by Gasteiger charge is 2.12. The SMILES string of the molecule is O=C(O)CCc1nnc2c(=O)n(-c3cccc(Br)c3)ccn12. The van der Waals surface area contributed by atoms with Gasteiger partial charge in [-0.1, -0.05) is 22.0 Å². The van der Waals surface area contributed by atoms with Crippen LogP contribution < -0.4 is 5.56 Å². The molecule has 0 spiro atoms. The highest BCUT2D eigenvalue weighted by atomic mass is 79.9. The van der Waals surface area contributed by atoms with Gasteiger partial charge in [0.25, 0.3) is 0 Å². The third-order valence-corrected chi connectivity index (χ3v) is 3.68. The minimum absolute atomic E-state index is 0.0600. The molecule has 0 unspecified atom stereocenters. The van der Waals surface area contributed by atoms with Crippen molar-refractivity contribution in [3.8, 4) is 5.69 Å². The Morgan fingerprint density at radius 3 is 2.82 bits per heavy atom. The van der Waals surface area contributed by atoms with E-state index in [0.717, 1.165) is 4.47 Å². The van der Waals surface area contributed by atoms with Crippen LogP contribution in [0.25, 0.3) is 11.3 Å². The van der Waals surface area contributed by atoms with E-state index in [2.05, 4.69) is 26.1 Å². The fraction of sp³-hybridized carbons (Fsp3) is 0.143. The molecular formula is C14H11BrN4O3. The maximum Gasteiger partial charge on any atom is 0.303 e. The zero-order valence-corrected chi connectivity index (χ0v) is 12.9. The summed E-state index contributed by atoms with van der Waals surface area (Å²) < 4.78 is 3.86. The monoisotopic (exact) mass is 362 g/mol. The number of nitrogens with zero attached hydrogens (tertiary/aromatic N) is 4. The number of rotatable bonds is 4. The molecule has 7 nitrogen and oxygen atoms in total. The molecule has 0 aliphatic rings. The number of aromatic nitrogens is 4. The predicted molar refractivity (Wildman–Crippen MR) is 82.2 cm³/mol. The van der Waals surface area contributed by atoms with E-state index < -0.39 is 5.97 Å². The number of hydrogen-bond donors (Lipinski definition) is 1. The molecule has 0 bridgehead atoms. The lowest BCUT2D eigenvalue weighted by Gasteiger charge is -2.06. The Kier molecular flexibility index (Phi) is 3.76. The van der Waals surface area contributed by atoms with Crippen molar-refractivity contribution in [2.45, 2.75) is 12.8 Å². The molecule has 1 aromatic carbocycles. The molecule has 0 saturated carbocycles. The predicted octanol–water partition coefficient (Wildman–Crippen LogP) is 1.66. The molecule has 112 valence electrons. The summed E-state index contributed by atoms with van der Waals surface area (Å²) in [7, 11) is 0. The van der Waals surface area contributed by atoms with E-state index in [-0.39, 0.29) is 24.0 Å². The lowest BCUT2D eigenvalue weighted by Crippen LogP contribution is -2.20. The molecule has 0 radical (unpaired) electrons. The molecule has 3 rings (SSSR count). The summed E-state index contributed by atoms with van der Waals surface area (Å²) in [5.41, 5.74) is 0.564. The van der Waals surface area contributed by atoms with Crippen molar-refractivity contribution >= 4 is 27.5 Å². The molecule has 0 saturated heterocycles. The van der Waals surface area contributed by atoms with E-state index in [0.29, 0.717) is 11.5 Å². The van der Waals surface area contributed by atoms with Gasteiger partial charge in [-0.3, -0.25) is 18.6 Å². The third-order valence-electron chi connectivity index (χ3n) is 3.19. The van der Waals surface area contributed by atoms with Crippen LogP contribution in [0, 0.1) is 0 Å². The quantitative estimate of drug-likeness (QED) is 0.762. The molecule has 0 aliphatic carbocycles. The maximum atomic E-state index is 12.5. The molecule has 8 heteroatoms. The number of carboxylic acids is 1. The first kappa shape index (κ1) is 14.5. The summed E-state index contributed by atoms with van der Waals surface area (Å²) in [5, 5.41) is 16.5. The zero-order chi connectivity index (χ0) is 15.7. The summed E-state index contributed by atoms with van der Waals surface area (Å²) in [6.07, 6.45) is 3.44. The van der Waals surface area contributed by atoms with Crippen LogP contribution in [0.1, 0.15) is 12.2 Å². The average Bonchev–Trinajstić information content (AvgIpc) is 2.89. The Balaban J connectivity index is 2.08. The molecule has 0 atom stereocenters. The Labute approximate surface area is 133 Å². The number of fused-ring (bicyclic) bond motifs is 1. The van der Waals surface area contributed by atoms with Gasteiger partial charge >= 0.3 is 11.5 Å². The van der Waals surface area contributed by atoms with Crippen LogP contribution in [0.3, 0.4) is 0 Å². The Hall–Kier alpha value is -2.48. The van der Waals surface area contributed by atoms with E-state index in [4.69, 9.17) is 5.11 Å². The van der Waals surface area contributed by atoms with E-state index in [1.54, 1.807) is 12.4 Å². The number of carbonyl (C=O) groups is 1. The van der Waals surface area contributed by atoms with E-state index in [1.807, 2.05) is 24.3 Å². The molecule has 2 aromatic heterocycles. The first-order chi connectivity index (χ1) is 10.6. The highest BCUT2D eigenvalue weighted by molar-refractivity contribution is 9.10. The first-order valence-electron chi connectivity index (χ1n) is 6.49. The van der Waals surface area contributed by atoms with Gasteiger partial charge in [0, 0.05) is 29.0 Å². The van der Waals surface area contributed by atoms with E-state index >= 15 is 0 Å². The van der Waals surface area contributed by atoms with Crippen molar-refractivity contribution in [3.05, 3.63) is 57.3 Å². The molecule has 0 aliphatic heterocycles. The molecule has 2 heterocycles. The van der Waals surface area contributed by atoms with Gasteiger partial charge in [-0.25, -0.2) is 0 Å². The minimum Gasteiger partial charge on any atom is -0.481 e. The van der Waals surface area contributed by atoms with E-state index in [9.17, 15) is 9.59 Å². The van der Waals surface area contributed by atoms with Gasteiger partial charge in [0.05, 0.1) is 6.42 Å². The molecule has 3 aromatic rings. The second kappa shape index (κ2) is 5.72. The van der Waals surface area contributed by atoms with Gasteiger partial charge in [-0.05, 0) is 18.2 Å². The summed E-state index contributed by atoms with van der Waals surface area (Å²) >= 11 is 3.37. The Morgan fingerprint density at radius 1 is 1.27 bits per heavy atom. The van der Waals surface area contributed by atoms with Crippen molar-refractivity contribution in [2.24, 2.45) is 0 Å². The molecule has 0 fully saturated rings. The third kappa shape index (κ3) is 2.64. The van der Waals surface area contributed by atoms with Crippen LogP contribution in [-0.4, -0.2) is 30.2 Å². The molecular weight excluding hydrogens is 352 g/mol. The van der Waals surface area contributed by atoms with Gasteiger partial charge in [-0.2, -0.15) is 0 Å². The average molecular weight is 363 g/mol. The maximum absolute atomic E-state index is 12.5. The van der Waals surface area contributed by atoms with Gasteiger partial charge < -0.3 is 5.11 Å². The molecule has 0 amide bonds. The fourth-order valence-corrected chi connectivity index (χ4v) is 2.54. The van der Waals surface area contributed by atoms with Crippen LogP contribution in [0.4, 0.5) is 0 Å². The van der Waals surface area contributed by atoms with Crippen molar-refractivity contribution < 1.29 is 9.90 Å². The van der Waals surface area contributed by atoms with E-state index in [1.165, 1.54) is 8.97 Å². The normalized spacial score (nSPS) is 11.0. The van der Waals surface area contributed by atoms with Gasteiger partial charge in [0.15, 0.2) is 0 Å². The second-order valence-electron chi connectivity index (χ2n) is 4.66. The number of carboxylic acid groups (broad SMARTS) is 1. The van der Waals surface area contributed by atoms with Crippen LogP contribution in [0.15, 0.2) is 45.9 Å². The largest absolute Gasteiger partial charge is 0.481 e. The number of aryl methyl sites for hydroxylation is 1. The summed E-state index contributed by atoms with van der Waals surface area (Å²) in [6, 6.07) is 7.33. The van der Waals surface area contributed by atoms with Crippen molar-refractivity contribution in [1.29, 1.82) is 0 Å². The van der Waals surface area contributed by atoms with Crippen molar-refractivity contribution in [1.82, 2.24) is 19.2 Å². The topological polar surface area (TPSA) is 89.5 Å². The van der Waals surface area contributed by atoms with Crippen molar-refractivity contribution in [2.75, 3.05) is 0 Å². The standard InChI is InChI=1S/C14H11BrN4O3/c15-9-2-1-3-10(8-9)18-6-7-19-11(4-5-12(20)21)16-17-13(19)14(18)22/h1-3,6-8H,4-5H2,(H,20,21). The van der Waals surface area contributed by atoms with Crippen LogP contribution in [0.5, 0.6) is 0 Å². The van der Waals surface area contributed by atoms with Crippen LogP contribution in [-0.2, 0) is 11.2 Å². The number of aliphatic carboxylic acids is 1. The Morgan fingerprint density at radius 2 is 2.09 bits per heavy atom. The zero-order valence-electron chi connectivity index (χ0n) is 11.3. The summed E-state index contributed by atoms with van der Waals surface area (Å²) in [6.45, 7) is 0. The highest BCUT2D eigenvalue weighted by Crippen LogP contribution is 2.14. The minimum atomic E-state index is -0.917. The van der Waals surface area contributed by atoms with Gasteiger partial charge in [0.1, 0.15) is 5.82 Å². The summed E-state index contributed by atoms with van der Waals surface area (Å²) in [4.78, 5) is 23.1. The molecule has 1 N–H and O–H groups in total. The lowest BCUT2D eigenvalue weighted by atomic mass is 10.3. The smallest absolute Gasteiger partial charge is 0.303 e. The van der Waals surface area contributed by atoms with Crippen LogP contribution in [0.2, 0.25) is 0 Å². The van der Waals surface area contributed by atoms with Crippen LogP contribution >= 0.6 is 15.9 Å². The fourth-order valence-electron chi connectivity index (χ4n) is 2.15. The second-order valence-corrected chi connectivity index (χ2v) is 5.57. The number of hydrogen-bond acceptors (Lipinski definition) is 4. The number of halogens is 1.